The Labute approximate surface area is 109 Å². The second-order valence-electron chi connectivity index (χ2n) is 5.00. The average Bonchev–Trinajstić information content (AvgIpc) is 2.29. The zero-order valence-electron chi connectivity index (χ0n) is 11.7. The molecule has 0 aliphatic carbocycles. The van der Waals surface area contributed by atoms with Crippen molar-refractivity contribution in [3.05, 3.63) is 24.3 Å². The predicted octanol–water partition coefficient (Wildman–Crippen LogP) is 2.92. The Kier molecular flexibility index (Phi) is 5.49. The van der Waals surface area contributed by atoms with Gasteiger partial charge in [0.15, 0.2) is 0 Å². The molecular weight excluding hydrogens is 226 g/mol. The van der Waals surface area contributed by atoms with E-state index in [1.807, 2.05) is 43.3 Å². The molecule has 1 rings (SSSR count). The van der Waals surface area contributed by atoms with Gasteiger partial charge >= 0.3 is 6.03 Å². The molecule has 100 valence electrons. The normalized spacial score (nSPS) is 10.3. The molecule has 1 aromatic rings. The minimum absolute atomic E-state index is 0.145. The third kappa shape index (κ3) is 5.08. The van der Waals surface area contributed by atoms with Crippen molar-refractivity contribution in [2.75, 3.05) is 30.9 Å². The van der Waals surface area contributed by atoms with Gasteiger partial charge in [0.2, 0.25) is 0 Å². The van der Waals surface area contributed by atoms with E-state index in [2.05, 4.69) is 24.5 Å². The molecule has 0 saturated heterocycles. The largest absolute Gasteiger partial charge is 0.378 e. The number of anilines is 2. The molecule has 2 amide bonds. The van der Waals surface area contributed by atoms with Crippen molar-refractivity contribution in [3.63, 3.8) is 0 Å². The molecule has 2 N–H and O–H groups in total. The first-order valence-corrected chi connectivity index (χ1v) is 6.31. The number of amides is 2. The zero-order valence-corrected chi connectivity index (χ0v) is 11.7. The van der Waals surface area contributed by atoms with Crippen LogP contribution in [0.3, 0.4) is 0 Å². The van der Waals surface area contributed by atoms with Crippen LogP contribution < -0.4 is 15.5 Å². The van der Waals surface area contributed by atoms with Crippen LogP contribution in [0.25, 0.3) is 0 Å². The predicted molar refractivity (Wildman–Crippen MR) is 77.2 cm³/mol. The van der Waals surface area contributed by atoms with Crippen LogP contribution in [0.4, 0.5) is 16.2 Å². The number of carbonyl (C=O) groups is 1. The van der Waals surface area contributed by atoms with Gasteiger partial charge in [0.25, 0.3) is 0 Å². The van der Waals surface area contributed by atoms with E-state index in [0.717, 1.165) is 17.8 Å². The zero-order chi connectivity index (χ0) is 13.5. The third-order valence-corrected chi connectivity index (χ3v) is 2.65. The third-order valence-electron chi connectivity index (χ3n) is 2.65. The maximum atomic E-state index is 11.6. The molecule has 18 heavy (non-hydrogen) atoms. The number of nitrogens with zero attached hydrogens (tertiary/aromatic N) is 1. The van der Waals surface area contributed by atoms with Gasteiger partial charge in [-0.25, -0.2) is 4.79 Å². The van der Waals surface area contributed by atoms with Crippen molar-refractivity contribution >= 4 is 17.4 Å². The minimum atomic E-state index is -0.145. The molecule has 4 nitrogen and oxygen atoms in total. The molecule has 1 aromatic carbocycles. The molecule has 0 radical (unpaired) electrons. The molecule has 0 unspecified atom stereocenters. The summed E-state index contributed by atoms with van der Waals surface area (Å²) in [4.78, 5) is 13.6. The Bertz CT molecular complexity index is 371. The van der Waals surface area contributed by atoms with Crippen molar-refractivity contribution in [3.8, 4) is 0 Å². The molecular formula is C14H23N3O. The monoisotopic (exact) mass is 249 g/mol. The minimum Gasteiger partial charge on any atom is -0.378 e. The number of hydrogen-bond donors (Lipinski definition) is 2. The summed E-state index contributed by atoms with van der Waals surface area (Å²) in [5.74, 6) is 0.602. The summed E-state index contributed by atoms with van der Waals surface area (Å²) in [6.07, 6.45) is 0.993. The summed E-state index contributed by atoms with van der Waals surface area (Å²) >= 11 is 0. The van der Waals surface area contributed by atoms with Gasteiger partial charge in [-0.05, 0) is 36.6 Å². The highest BCUT2D eigenvalue weighted by molar-refractivity contribution is 5.89. The van der Waals surface area contributed by atoms with Crippen LogP contribution in [0, 0.1) is 5.92 Å². The van der Waals surface area contributed by atoms with E-state index in [9.17, 15) is 4.79 Å². The lowest BCUT2D eigenvalue weighted by Gasteiger charge is -2.13. The molecule has 0 atom stereocenters. The fourth-order valence-electron chi connectivity index (χ4n) is 1.49. The first kappa shape index (κ1) is 14.4. The van der Waals surface area contributed by atoms with Crippen molar-refractivity contribution in [2.24, 2.45) is 5.92 Å². The number of rotatable bonds is 5. The first-order valence-electron chi connectivity index (χ1n) is 6.31. The lowest BCUT2D eigenvalue weighted by atomic mass is 10.1. The quantitative estimate of drug-likeness (QED) is 0.842. The van der Waals surface area contributed by atoms with Crippen molar-refractivity contribution in [1.82, 2.24) is 5.32 Å². The lowest BCUT2D eigenvalue weighted by Crippen LogP contribution is -2.30. The molecule has 0 aromatic heterocycles. The summed E-state index contributed by atoms with van der Waals surface area (Å²) in [5.41, 5.74) is 1.92. The average molecular weight is 249 g/mol. The molecule has 0 aliphatic heterocycles. The fourth-order valence-corrected chi connectivity index (χ4v) is 1.49. The Morgan fingerprint density at radius 3 is 2.33 bits per heavy atom. The molecule has 4 heteroatoms. The maximum Gasteiger partial charge on any atom is 0.319 e. The van der Waals surface area contributed by atoms with Crippen molar-refractivity contribution < 1.29 is 4.79 Å². The standard InChI is InChI=1S/C14H23N3O/c1-11(2)9-10-15-14(18)16-12-5-7-13(8-6-12)17(3)4/h5-8,11H,9-10H2,1-4H3,(H2,15,16,18). The van der Waals surface area contributed by atoms with Crippen molar-refractivity contribution in [2.45, 2.75) is 20.3 Å². The van der Waals surface area contributed by atoms with Crippen LogP contribution in [0.15, 0.2) is 24.3 Å². The van der Waals surface area contributed by atoms with Crippen LogP contribution in [0.1, 0.15) is 20.3 Å². The summed E-state index contributed by atoms with van der Waals surface area (Å²) in [6, 6.07) is 7.61. The van der Waals surface area contributed by atoms with E-state index in [0.29, 0.717) is 12.5 Å². The molecule has 0 spiro atoms. The van der Waals surface area contributed by atoms with Crippen LogP contribution in [-0.2, 0) is 0 Å². The number of benzene rings is 1. The van der Waals surface area contributed by atoms with Gasteiger partial charge in [-0.15, -0.1) is 0 Å². The van der Waals surface area contributed by atoms with E-state index in [4.69, 9.17) is 0 Å². The number of hydrogen-bond acceptors (Lipinski definition) is 2. The van der Waals surface area contributed by atoms with Gasteiger partial charge in [-0.3, -0.25) is 0 Å². The van der Waals surface area contributed by atoms with Gasteiger partial charge in [0, 0.05) is 32.0 Å². The second kappa shape index (κ2) is 6.89. The van der Waals surface area contributed by atoms with E-state index in [1.54, 1.807) is 0 Å². The summed E-state index contributed by atoms with van der Waals surface area (Å²) in [6.45, 7) is 4.98. The SMILES string of the molecule is CC(C)CCNC(=O)Nc1ccc(N(C)C)cc1. The molecule has 0 heterocycles. The van der Waals surface area contributed by atoms with Gasteiger partial charge in [-0.1, -0.05) is 13.8 Å². The Morgan fingerprint density at radius 2 is 1.83 bits per heavy atom. The number of carbonyl (C=O) groups excluding carboxylic acids is 1. The molecule has 0 saturated carbocycles. The Balaban J connectivity index is 2.40. The van der Waals surface area contributed by atoms with Gasteiger partial charge < -0.3 is 15.5 Å². The van der Waals surface area contributed by atoms with Gasteiger partial charge in [0.05, 0.1) is 0 Å². The van der Waals surface area contributed by atoms with Crippen LogP contribution in [0.5, 0.6) is 0 Å². The van der Waals surface area contributed by atoms with E-state index >= 15 is 0 Å². The Morgan fingerprint density at radius 1 is 1.22 bits per heavy atom. The van der Waals surface area contributed by atoms with Gasteiger partial charge in [0.1, 0.15) is 0 Å². The highest BCUT2D eigenvalue weighted by Gasteiger charge is 2.02. The summed E-state index contributed by atoms with van der Waals surface area (Å²) in [5, 5.41) is 5.65. The number of urea groups is 1. The molecule has 0 bridgehead atoms. The van der Waals surface area contributed by atoms with Crippen molar-refractivity contribution in [1.29, 1.82) is 0 Å². The lowest BCUT2D eigenvalue weighted by molar-refractivity contribution is 0.251. The topological polar surface area (TPSA) is 44.4 Å². The summed E-state index contributed by atoms with van der Waals surface area (Å²) in [7, 11) is 3.97. The van der Waals surface area contributed by atoms with Crippen LogP contribution >= 0.6 is 0 Å². The fraction of sp³-hybridized carbons (Fsp3) is 0.500. The molecule has 0 aliphatic rings. The second-order valence-corrected chi connectivity index (χ2v) is 5.00. The summed E-state index contributed by atoms with van der Waals surface area (Å²) < 4.78 is 0. The van der Waals surface area contributed by atoms with E-state index in [1.165, 1.54) is 0 Å². The maximum absolute atomic E-state index is 11.6. The smallest absolute Gasteiger partial charge is 0.319 e. The highest BCUT2D eigenvalue weighted by Crippen LogP contribution is 2.15. The van der Waals surface area contributed by atoms with Crippen LogP contribution in [-0.4, -0.2) is 26.7 Å². The van der Waals surface area contributed by atoms with Gasteiger partial charge in [-0.2, -0.15) is 0 Å². The van der Waals surface area contributed by atoms with Crippen LogP contribution in [0.2, 0.25) is 0 Å². The highest BCUT2D eigenvalue weighted by atomic mass is 16.2. The van der Waals surface area contributed by atoms with E-state index in [-0.39, 0.29) is 6.03 Å². The molecule has 0 fully saturated rings. The first-order chi connectivity index (χ1) is 8.49. The Hall–Kier alpha value is -1.71. The number of nitrogens with one attached hydrogen (secondary N) is 2. The van der Waals surface area contributed by atoms with E-state index < -0.39 is 0 Å².